The zero-order chi connectivity index (χ0) is 20.1. The number of hydrogen-bond donors (Lipinski definition) is 0. The highest BCUT2D eigenvalue weighted by molar-refractivity contribution is 4.67. The zero-order valence-electron chi connectivity index (χ0n) is 19.2. The van der Waals surface area contributed by atoms with E-state index in [1.165, 1.54) is 44.9 Å². The third-order valence-electron chi connectivity index (χ3n) is 6.31. The van der Waals surface area contributed by atoms with Crippen LogP contribution in [0.1, 0.15) is 86.5 Å². The second-order valence-electron chi connectivity index (χ2n) is 9.56. The Hall–Kier alpha value is -0.120. The van der Waals surface area contributed by atoms with E-state index in [1.54, 1.807) is 0 Å². The fourth-order valence-corrected chi connectivity index (χ4v) is 3.97. The lowest BCUT2D eigenvalue weighted by atomic mass is 9.89. The van der Waals surface area contributed by atoms with Crippen molar-refractivity contribution in [3.8, 4) is 0 Å². The molecule has 0 aromatic carbocycles. The van der Waals surface area contributed by atoms with Crippen LogP contribution in [0.4, 0.5) is 0 Å². The predicted molar refractivity (Wildman–Crippen MR) is 115 cm³/mol. The van der Waals surface area contributed by atoms with Crippen molar-refractivity contribution in [3.63, 3.8) is 0 Å². The van der Waals surface area contributed by atoms with Gasteiger partial charge in [-0.2, -0.15) is 0 Å². The molecule has 2 unspecified atom stereocenters. The van der Waals surface area contributed by atoms with E-state index in [0.717, 1.165) is 56.7 Å². The van der Waals surface area contributed by atoms with E-state index in [1.807, 2.05) is 0 Å². The Labute approximate surface area is 169 Å². The minimum atomic E-state index is 0.554. The van der Waals surface area contributed by atoms with Gasteiger partial charge in [0.05, 0.1) is 6.10 Å². The van der Waals surface area contributed by atoms with Crippen LogP contribution < -0.4 is 0 Å². The Bertz CT molecular complexity index is 270. The summed E-state index contributed by atoms with van der Waals surface area (Å²) in [5.74, 6) is 4.14. The molecule has 3 nitrogen and oxygen atoms in total. The van der Waals surface area contributed by atoms with Gasteiger partial charge in [0, 0.05) is 33.0 Å². The molecule has 0 aromatic rings. The monoisotopic (exact) mass is 384 g/mol. The third kappa shape index (κ3) is 11.5. The molecule has 0 radical (unpaired) electrons. The van der Waals surface area contributed by atoms with Crippen LogP contribution in [0, 0.1) is 29.6 Å². The fraction of sp³-hybridized carbons (Fsp3) is 1.00. The minimum Gasteiger partial charge on any atom is -0.381 e. The highest BCUT2D eigenvalue weighted by atomic mass is 16.5. The van der Waals surface area contributed by atoms with E-state index >= 15 is 0 Å². The smallest absolute Gasteiger partial charge is 0.0598 e. The van der Waals surface area contributed by atoms with Crippen LogP contribution >= 0.6 is 0 Å². The average Bonchev–Trinajstić information content (AvgIpc) is 2.71. The Kier molecular flexibility index (Phi) is 13.7. The minimum absolute atomic E-state index is 0.554. The molecule has 162 valence electrons. The molecule has 0 saturated carbocycles. The maximum absolute atomic E-state index is 5.54. The standard InChI is InChI=1S/3C8H16O/c1-7(2)8-3-5-9-6-4-8;1-7(2)8-4-3-5-9-6-8;1-7(2)8-5-3-4-6-9-8/h3*7-8H,3-6H2,1-2H3. The third-order valence-corrected chi connectivity index (χ3v) is 6.31. The molecule has 3 saturated heterocycles. The molecule has 0 amide bonds. The van der Waals surface area contributed by atoms with E-state index in [9.17, 15) is 0 Å². The molecular weight excluding hydrogens is 336 g/mol. The first kappa shape index (κ1) is 24.9. The summed E-state index contributed by atoms with van der Waals surface area (Å²) in [6, 6.07) is 0. The molecule has 3 aliphatic heterocycles. The highest BCUT2D eigenvalue weighted by Crippen LogP contribution is 2.22. The molecule has 0 spiro atoms. The molecule has 3 fully saturated rings. The van der Waals surface area contributed by atoms with Crippen molar-refractivity contribution in [2.45, 2.75) is 92.6 Å². The molecule has 2 atom stereocenters. The Morgan fingerprint density at radius 2 is 1.22 bits per heavy atom. The van der Waals surface area contributed by atoms with Gasteiger partial charge in [0.1, 0.15) is 0 Å². The van der Waals surface area contributed by atoms with Crippen LogP contribution in [-0.4, -0.2) is 39.1 Å². The van der Waals surface area contributed by atoms with E-state index < -0.39 is 0 Å². The van der Waals surface area contributed by atoms with Gasteiger partial charge in [0.25, 0.3) is 0 Å². The second-order valence-corrected chi connectivity index (χ2v) is 9.56. The SMILES string of the molecule is CC(C)C1CCCCO1.CC(C)C1CCCOC1.CC(C)C1CCOCC1. The summed E-state index contributed by atoms with van der Waals surface area (Å²) in [5.41, 5.74) is 0. The molecule has 27 heavy (non-hydrogen) atoms. The lowest BCUT2D eigenvalue weighted by molar-refractivity contribution is -0.0115. The summed E-state index contributed by atoms with van der Waals surface area (Å²) < 4.78 is 16.1. The van der Waals surface area contributed by atoms with Crippen LogP contribution in [-0.2, 0) is 14.2 Å². The summed E-state index contributed by atoms with van der Waals surface area (Å²) in [5, 5.41) is 0. The lowest BCUT2D eigenvalue weighted by Gasteiger charge is -2.25. The lowest BCUT2D eigenvalue weighted by Crippen LogP contribution is -2.24. The van der Waals surface area contributed by atoms with Gasteiger partial charge in [0.2, 0.25) is 0 Å². The van der Waals surface area contributed by atoms with Crippen molar-refractivity contribution >= 4 is 0 Å². The molecule has 3 heteroatoms. The largest absolute Gasteiger partial charge is 0.381 e. The van der Waals surface area contributed by atoms with Gasteiger partial charge in [-0.1, -0.05) is 41.5 Å². The summed E-state index contributed by atoms with van der Waals surface area (Å²) in [6.45, 7) is 18.6. The average molecular weight is 385 g/mol. The van der Waals surface area contributed by atoms with Crippen molar-refractivity contribution < 1.29 is 14.2 Å². The van der Waals surface area contributed by atoms with E-state index in [-0.39, 0.29) is 0 Å². The Balaban J connectivity index is 0.000000202. The normalized spacial score (nSPS) is 27.0. The topological polar surface area (TPSA) is 27.7 Å². The van der Waals surface area contributed by atoms with Crippen molar-refractivity contribution in [1.29, 1.82) is 0 Å². The predicted octanol–water partition coefficient (Wildman–Crippen LogP) is 6.35. The second kappa shape index (κ2) is 14.8. The molecule has 0 aromatic heterocycles. The van der Waals surface area contributed by atoms with Gasteiger partial charge in [-0.3, -0.25) is 0 Å². The van der Waals surface area contributed by atoms with Crippen molar-refractivity contribution in [1.82, 2.24) is 0 Å². The quantitative estimate of drug-likeness (QED) is 0.567. The van der Waals surface area contributed by atoms with Gasteiger partial charge in [-0.15, -0.1) is 0 Å². The maximum atomic E-state index is 5.54. The molecule has 0 bridgehead atoms. The van der Waals surface area contributed by atoms with Crippen LogP contribution in [0.15, 0.2) is 0 Å². The molecule has 3 rings (SSSR count). The summed E-state index contributed by atoms with van der Waals surface area (Å²) in [7, 11) is 0. The van der Waals surface area contributed by atoms with Gasteiger partial charge in [-0.25, -0.2) is 0 Å². The molecule has 3 aliphatic rings. The molecule has 3 heterocycles. The van der Waals surface area contributed by atoms with Gasteiger partial charge >= 0.3 is 0 Å². The van der Waals surface area contributed by atoms with Crippen molar-refractivity contribution in [2.24, 2.45) is 29.6 Å². The molecular formula is C24H48O3. The van der Waals surface area contributed by atoms with Crippen LogP contribution in [0.3, 0.4) is 0 Å². The van der Waals surface area contributed by atoms with Crippen LogP contribution in [0.25, 0.3) is 0 Å². The maximum Gasteiger partial charge on any atom is 0.0598 e. The van der Waals surface area contributed by atoms with E-state index in [4.69, 9.17) is 14.2 Å². The van der Waals surface area contributed by atoms with Gasteiger partial charge in [0.15, 0.2) is 0 Å². The number of hydrogen-bond acceptors (Lipinski definition) is 3. The van der Waals surface area contributed by atoms with Crippen molar-refractivity contribution in [2.75, 3.05) is 33.0 Å². The Morgan fingerprint density at radius 1 is 0.556 bits per heavy atom. The highest BCUT2D eigenvalue weighted by Gasteiger charge is 2.17. The van der Waals surface area contributed by atoms with E-state index in [0.29, 0.717) is 12.0 Å². The summed E-state index contributed by atoms with van der Waals surface area (Å²) in [4.78, 5) is 0. The van der Waals surface area contributed by atoms with Gasteiger partial charge < -0.3 is 14.2 Å². The zero-order valence-corrected chi connectivity index (χ0v) is 19.2. The van der Waals surface area contributed by atoms with Gasteiger partial charge in [-0.05, 0) is 74.5 Å². The fourth-order valence-electron chi connectivity index (χ4n) is 3.97. The first-order valence-electron chi connectivity index (χ1n) is 11.7. The Morgan fingerprint density at radius 3 is 1.56 bits per heavy atom. The van der Waals surface area contributed by atoms with E-state index in [2.05, 4.69) is 41.5 Å². The van der Waals surface area contributed by atoms with Crippen LogP contribution in [0.2, 0.25) is 0 Å². The number of ether oxygens (including phenoxy) is 3. The molecule has 0 N–H and O–H groups in total. The summed E-state index contributed by atoms with van der Waals surface area (Å²) in [6.07, 6.45) is 9.65. The first-order valence-corrected chi connectivity index (χ1v) is 11.7. The number of rotatable bonds is 3. The molecule has 0 aliphatic carbocycles. The summed E-state index contributed by atoms with van der Waals surface area (Å²) >= 11 is 0. The van der Waals surface area contributed by atoms with Crippen LogP contribution in [0.5, 0.6) is 0 Å². The first-order chi connectivity index (χ1) is 12.9. The van der Waals surface area contributed by atoms with Crippen molar-refractivity contribution in [3.05, 3.63) is 0 Å².